The Kier molecular flexibility index (Phi) is 9.12. The molecular formula is C23H31NO6. The largest absolute Gasteiger partial charge is 0.497 e. The van der Waals surface area contributed by atoms with Crippen LogP contribution in [0.1, 0.15) is 31.1 Å². The maximum absolute atomic E-state index is 13.0. The van der Waals surface area contributed by atoms with Crippen molar-refractivity contribution in [3.63, 3.8) is 0 Å². The summed E-state index contributed by atoms with van der Waals surface area (Å²) in [6.07, 6.45) is 0. The van der Waals surface area contributed by atoms with Crippen LogP contribution in [0.4, 0.5) is 0 Å². The zero-order valence-electron chi connectivity index (χ0n) is 18.4. The molecule has 0 aliphatic carbocycles. The van der Waals surface area contributed by atoms with Crippen molar-refractivity contribution in [2.75, 3.05) is 47.1 Å². The van der Waals surface area contributed by atoms with Gasteiger partial charge in [-0.05, 0) is 57.2 Å². The molecule has 0 radical (unpaired) electrons. The van der Waals surface area contributed by atoms with Crippen LogP contribution in [0.25, 0.3) is 0 Å². The number of carbonyl (C=O) groups is 1. The lowest BCUT2D eigenvalue weighted by atomic mass is 10.1. The van der Waals surface area contributed by atoms with Crippen molar-refractivity contribution in [1.29, 1.82) is 0 Å². The predicted octanol–water partition coefficient (Wildman–Crippen LogP) is 4.04. The normalized spacial score (nSPS) is 10.3. The number of hydrogen-bond donors (Lipinski definition) is 0. The number of carbonyl (C=O) groups excluding carboxylic acids is 1. The Morgan fingerprint density at radius 1 is 0.833 bits per heavy atom. The fourth-order valence-corrected chi connectivity index (χ4v) is 2.81. The van der Waals surface area contributed by atoms with Crippen LogP contribution in [0.15, 0.2) is 36.4 Å². The highest BCUT2D eigenvalue weighted by molar-refractivity contribution is 5.95. The van der Waals surface area contributed by atoms with Crippen LogP contribution in [0.3, 0.4) is 0 Å². The van der Waals surface area contributed by atoms with Crippen LogP contribution in [-0.2, 0) is 0 Å². The standard InChI is InChI=1S/C23H31NO6/c1-6-27-20-15-17(16-21(28-7-2)22(20)29-8-3)23(25)24(4)13-14-30-19-11-9-18(26-5)10-12-19/h9-12,15-16H,6-8,13-14H2,1-5H3. The Hall–Kier alpha value is -3.09. The van der Waals surface area contributed by atoms with Crippen LogP contribution >= 0.6 is 0 Å². The summed E-state index contributed by atoms with van der Waals surface area (Å²) >= 11 is 0. The van der Waals surface area contributed by atoms with Crippen molar-refractivity contribution >= 4 is 5.91 Å². The third-order valence-electron chi connectivity index (χ3n) is 4.26. The number of likely N-dealkylation sites (N-methyl/N-ethyl adjacent to an activating group) is 1. The third-order valence-corrected chi connectivity index (χ3v) is 4.26. The first-order chi connectivity index (χ1) is 14.5. The van der Waals surface area contributed by atoms with Gasteiger partial charge in [0.15, 0.2) is 11.5 Å². The SMILES string of the molecule is CCOc1cc(C(=O)N(C)CCOc2ccc(OC)cc2)cc(OCC)c1OCC. The molecule has 7 nitrogen and oxygen atoms in total. The monoisotopic (exact) mass is 417 g/mol. The van der Waals surface area contributed by atoms with Crippen LogP contribution in [0.2, 0.25) is 0 Å². The Morgan fingerprint density at radius 3 is 1.87 bits per heavy atom. The highest BCUT2D eigenvalue weighted by atomic mass is 16.5. The van der Waals surface area contributed by atoms with Gasteiger partial charge in [-0.3, -0.25) is 4.79 Å². The molecule has 30 heavy (non-hydrogen) atoms. The molecule has 0 fully saturated rings. The molecule has 1 amide bonds. The van der Waals surface area contributed by atoms with Crippen molar-refractivity contribution in [1.82, 2.24) is 4.90 Å². The average molecular weight is 418 g/mol. The zero-order valence-corrected chi connectivity index (χ0v) is 18.4. The van der Waals surface area contributed by atoms with Crippen LogP contribution in [0, 0.1) is 0 Å². The van der Waals surface area contributed by atoms with Gasteiger partial charge >= 0.3 is 0 Å². The van der Waals surface area contributed by atoms with E-state index >= 15 is 0 Å². The van der Waals surface area contributed by atoms with Crippen molar-refractivity contribution in [3.8, 4) is 28.7 Å². The van der Waals surface area contributed by atoms with E-state index in [0.29, 0.717) is 55.8 Å². The molecular weight excluding hydrogens is 386 g/mol. The summed E-state index contributed by atoms with van der Waals surface area (Å²) in [7, 11) is 3.35. The lowest BCUT2D eigenvalue weighted by Crippen LogP contribution is -2.31. The van der Waals surface area contributed by atoms with Gasteiger partial charge in [-0.1, -0.05) is 0 Å². The van der Waals surface area contributed by atoms with Gasteiger partial charge in [0.1, 0.15) is 18.1 Å². The van der Waals surface area contributed by atoms with Crippen molar-refractivity contribution in [2.45, 2.75) is 20.8 Å². The lowest BCUT2D eigenvalue weighted by molar-refractivity contribution is 0.0772. The number of nitrogens with zero attached hydrogens (tertiary/aromatic N) is 1. The summed E-state index contributed by atoms with van der Waals surface area (Å²) in [6, 6.07) is 10.7. The molecule has 0 aromatic heterocycles. The molecule has 0 saturated heterocycles. The predicted molar refractivity (Wildman–Crippen MR) is 115 cm³/mol. The molecule has 0 spiro atoms. The molecule has 164 valence electrons. The van der Waals surface area contributed by atoms with Crippen LogP contribution in [0.5, 0.6) is 28.7 Å². The van der Waals surface area contributed by atoms with Gasteiger partial charge in [-0.25, -0.2) is 0 Å². The Balaban J connectivity index is 2.09. The average Bonchev–Trinajstić information content (AvgIpc) is 2.76. The molecule has 0 bridgehead atoms. The van der Waals surface area contributed by atoms with Gasteiger partial charge in [0.25, 0.3) is 5.91 Å². The minimum atomic E-state index is -0.154. The Morgan fingerprint density at radius 2 is 1.37 bits per heavy atom. The Labute approximate surface area is 178 Å². The number of rotatable bonds is 12. The summed E-state index contributed by atoms with van der Waals surface area (Å²) in [6.45, 7) is 7.81. The van der Waals surface area contributed by atoms with Crippen LogP contribution < -0.4 is 23.7 Å². The fraction of sp³-hybridized carbons (Fsp3) is 0.435. The van der Waals surface area contributed by atoms with Gasteiger partial charge in [0, 0.05) is 12.6 Å². The quantitative estimate of drug-likeness (QED) is 0.519. The first-order valence-electron chi connectivity index (χ1n) is 10.1. The highest BCUT2D eigenvalue weighted by Gasteiger charge is 2.20. The first-order valence-corrected chi connectivity index (χ1v) is 10.1. The summed E-state index contributed by atoms with van der Waals surface area (Å²) in [5.41, 5.74) is 0.470. The van der Waals surface area contributed by atoms with E-state index in [4.69, 9.17) is 23.7 Å². The van der Waals surface area contributed by atoms with E-state index < -0.39 is 0 Å². The molecule has 0 heterocycles. The van der Waals surface area contributed by atoms with Gasteiger partial charge in [-0.2, -0.15) is 0 Å². The second-order valence-electron chi connectivity index (χ2n) is 6.35. The lowest BCUT2D eigenvalue weighted by Gasteiger charge is -2.20. The maximum atomic E-state index is 13.0. The molecule has 0 atom stereocenters. The Bertz CT molecular complexity index is 779. The second kappa shape index (κ2) is 11.8. The van der Waals surface area contributed by atoms with Gasteiger partial charge in [-0.15, -0.1) is 0 Å². The number of ether oxygens (including phenoxy) is 5. The first kappa shape index (κ1) is 23.2. The number of benzene rings is 2. The topological polar surface area (TPSA) is 66.5 Å². The van der Waals surface area contributed by atoms with E-state index in [2.05, 4.69) is 0 Å². The second-order valence-corrected chi connectivity index (χ2v) is 6.35. The van der Waals surface area contributed by atoms with Crippen molar-refractivity contribution < 1.29 is 28.5 Å². The fourth-order valence-electron chi connectivity index (χ4n) is 2.81. The van der Waals surface area contributed by atoms with E-state index in [1.54, 1.807) is 31.2 Å². The molecule has 0 unspecified atom stereocenters. The van der Waals surface area contributed by atoms with Crippen molar-refractivity contribution in [3.05, 3.63) is 42.0 Å². The molecule has 2 aromatic rings. The minimum Gasteiger partial charge on any atom is -0.497 e. The van der Waals surface area contributed by atoms with Gasteiger partial charge in [0.2, 0.25) is 5.75 Å². The number of hydrogen-bond acceptors (Lipinski definition) is 6. The molecule has 2 aromatic carbocycles. The molecule has 0 aliphatic heterocycles. The van der Waals surface area contributed by atoms with E-state index in [-0.39, 0.29) is 5.91 Å². The molecule has 7 heteroatoms. The number of methoxy groups -OCH3 is 1. The van der Waals surface area contributed by atoms with E-state index in [9.17, 15) is 4.79 Å². The highest BCUT2D eigenvalue weighted by Crippen LogP contribution is 2.39. The van der Waals surface area contributed by atoms with Crippen LogP contribution in [-0.4, -0.2) is 57.9 Å². The molecule has 0 N–H and O–H groups in total. The van der Waals surface area contributed by atoms with Gasteiger partial charge < -0.3 is 28.6 Å². The molecule has 0 aliphatic rings. The zero-order chi connectivity index (χ0) is 21.9. The summed E-state index contributed by atoms with van der Waals surface area (Å²) in [5, 5.41) is 0. The van der Waals surface area contributed by atoms with E-state index in [1.165, 1.54) is 0 Å². The molecule has 0 saturated carbocycles. The van der Waals surface area contributed by atoms with E-state index in [1.807, 2.05) is 45.0 Å². The third kappa shape index (κ3) is 6.20. The summed E-state index contributed by atoms with van der Waals surface area (Å²) in [5.74, 6) is 2.84. The molecule has 2 rings (SSSR count). The minimum absolute atomic E-state index is 0.154. The smallest absolute Gasteiger partial charge is 0.253 e. The van der Waals surface area contributed by atoms with E-state index in [0.717, 1.165) is 11.5 Å². The van der Waals surface area contributed by atoms with Crippen molar-refractivity contribution in [2.24, 2.45) is 0 Å². The summed E-state index contributed by atoms with van der Waals surface area (Å²) in [4.78, 5) is 14.6. The van der Waals surface area contributed by atoms with Gasteiger partial charge in [0.05, 0.1) is 33.5 Å². The number of amides is 1. The summed E-state index contributed by atoms with van der Waals surface area (Å²) < 4.78 is 27.9. The maximum Gasteiger partial charge on any atom is 0.253 e.